The van der Waals surface area contributed by atoms with E-state index in [2.05, 4.69) is 10.0 Å². The number of anilines is 2. The lowest BCUT2D eigenvalue weighted by molar-refractivity contribution is 0.0525. The minimum atomic E-state index is -3.85. The monoisotopic (exact) mass is 486 g/mol. The number of esters is 1. The first-order valence-corrected chi connectivity index (χ1v) is 12.0. The summed E-state index contributed by atoms with van der Waals surface area (Å²) in [5, 5.41) is 2.87. The molecule has 3 aromatic rings. The van der Waals surface area contributed by atoms with Crippen molar-refractivity contribution in [3.05, 3.63) is 87.9 Å². The molecule has 0 saturated carbocycles. The summed E-state index contributed by atoms with van der Waals surface area (Å²) < 4.78 is 32.9. The molecule has 7 nitrogen and oxygen atoms in total. The molecular formula is C24H23ClN2O5S. The Bertz CT molecular complexity index is 1300. The van der Waals surface area contributed by atoms with Gasteiger partial charge in [0.15, 0.2) is 0 Å². The summed E-state index contributed by atoms with van der Waals surface area (Å²) in [6, 6.07) is 15.5. The fourth-order valence-electron chi connectivity index (χ4n) is 3.08. The smallest absolute Gasteiger partial charge is 0.338 e. The molecular weight excluding hydrogens is 464 g/mol. The molecule has 33 heavy (non-hydrogen) atoms. The van der Waals surface area contributed by atoms with E-state index in [1.165, 1.54) is 30.3 Å². The van der Waals surface area contributed by atoms with E-state index >= 15 is 0 Å². The van der Waals surface area contributed by atoms with E-state index in [0.717, 1.165) is 5.56 Å². The van der Waals surface area contributed by atoms with Crippen molar-refractivity contribution in [2.75, 3.05) is 16.6 Å². The molecule has 0 aromatic heterocycles. The molecule has 0 heterocycles. The van der Waals surface area contributed by atoms with Gasteiger partial charge in [-0.3, -0.25) is 9.52 Å². The van der Waals surface area contributed by atoms with E-state index in [1.807, 2.05) is 6.92 Å². The molecule has 3 rings (SSSR count). The number of sulfonamides is 1. The molecule has 0 unspecified atom stereocenters. The van der Waals surface area contributed by atoms with Crippen LogP contribution in [0.4, 0.5) is 11.4 Å². The quantitative estimate of drug-likeness (QED) is 0.448. The zero-order valence-electron chi connectivity index (χ0n) is 18.3. The maximum Gasteiger partial charge on any atom is 0.338 e. The van der Waals surface area contributed by atoms with Crippen molar-refractivity contribution in [3.8, 4) is 0 Å². The van der Waals surface area contributed by atoms with Gasteiger partial charge < -0.3 is 10.1 Å². The minimum Gasteiger partial charge on any atom is -0.462 e. The van der Waals surface area contributed by atoms with Crippen LogP contribution in [0.5, 0.6) is 0 Å². The zero-order valence-corrected chi connectivity index (χ0v) is 19.9. The molecule has 0 atom stereocenters. The summed E-state index contributed by atoms with van der Waals surface area (Å²) in [6.07, 6.45) is 0. The maximum atomic E-state index is 12.9. The Morgan fingerprint density at radius 1 is 0.970 bits per heavy atom. The summed E-state index contributed by atoms with van der Waals surface area (Å²) in [5.74, 6) is -1.04. The summed E-state index contributed by atoms with van der Waals surface area (Å²) in [6.45, 7) is 5.49. The lowest BCUT2D eigenvalue weighted by Gasteiger charge is -2.14. The van der Waals surface area contributed by atoms with Gasteiger partial charge in [-0.15, -0.1) is 0 Å². The van der Waals surface area contributed by atoms with Gasteiger partial charge in [0.05, 0.1) is 27.7 Å². The SMILES string of the molecule is CCOC(=O)c1cccc(NC(=O)c2cc(NS(=O)(=O)c3ccc(C)cc3)ccc2Cl)c1C. The van der Waals surface area contributed by atoms with Gasteiger partial charge in [-0.25, -0.2) is 13.2 Å². The number of hydrogen-bond acceptors (Lipinski definition) is 5. The number of amides is 1. The van der Waals surface area contributed by atoms with E-state index in [4.69, 9.17) is 16.3 Å². The molecule has 2 N–H and O–H groups in total. The molecule has 3 aromatic carbocycles. The summed E-state index contributed by atoms with van der Waals surface area (Å²) >= 11 is 6.21. The van der Waals surface area contributed by atoms with Crippen molar-refractivity contribution in [1.29, 1.82) is 0 Å². The fraction of sp³-hybridized carbons (Fsp3) is 0.167. The third kappa shape index (κ3) is 5.71. The van der Waals surface area contributed by atoms with Gasteiger partial charge in [-0.05, 0) is 68.8 Å². The number of carbonyl (C=O) groups excluding carboxylic acids is 2. The van der Waals surface area contributed by atoms with Gasteiger partial charge in [0.2, 0.25) is 0 Å². The Balaban J connectivity index is 1.85. The van der Waals surface area contributed by atoms with E-state index in [-0.39, 0.29) is 27.8 Å². The van der Waals surface area contributed by atoms with Crippen molar-refractivity contribution in [2.45, 2.75) is 25.7 Å². The molecule has 1 amide bonds. The van der Waals surface area contributed by atoms with Crippen LogP contribution in [-0.4, -0.2) is 26.9 Å². The number of ether oxygens (including phenoxy) is 1. The van der Waals surface area contributed by atoms with Crippen molar-refractivity contribution in [3.63, 3.8) is 0 Å². The minimum absolute atomic E-state index is 0.0710. The molecule has 9 heteroatoms. The number of hydrogen-bond donors (Lipinski definition) is 2. The van der Waals surface area contributed by atoms with E-state index in [1.54, 1.807) is 44.2 Å². The van der Waals surface area contributed by atoms with Crippen LogP contribution in [0.1, 0.15) is 38.8 Å². The van der Waals surface area contributed by atoms with E-state index in [9.17, 15) is 18.0 Å². The van der Waals surface area contributed by atoms with Crippen molar-refractivity contribution in [1.82, 2.24) is 0 Å². The topological polar surface area (TPSA) is 102 Å². The van der Waals surface area contributed by atoms with E-state index in [0.29, 0.717) is 16.8 Å². The van der Waals surface area contributed by atoms with Gasteiger partial charge >= 0.3 is 5.97 Å². The lowest BCUT2D eigenvalue weighted by Crippen LogP contribution is -2.17. The number of halogens is 1. The van der Waals surface area contributed by atoms with Gasteiger partial charge in [-0.2, -0.15) is 0 Å². The first-order valence-electron chi connectivity index (χ1n) is 10.1. The zero-order chi connectivity index (χ0) is 24.2. The van der Waals surface area contributed by atoms with Crippen LogP contribution >= 0.6 is 11.6 Å². The third-order valence-electron chi connectivity index (χ3n) is 4.87. The van der Waals surface area contributed by atoms with Crippen LogP contribution in [0.3, 0.4) is 0 Å². The van der Waals surface area contributed by atoms with Crippen LogP contribution in [0, 0.1) is 13.8 Å². The van der Waals surface area contributed by atoms with Crippen LogP contribution in [0.15, 0.2) is 65.6 Å². The maximum absolute atomic E-state index is 12.9. The van der Waals surface area contributed by atoms with Crippen LogP contribution in [0.2, 0.25) is 5.02 Å². The van der Waals surface area contributed by atoms with Gasteiger partial charge in [0, 0.05) is 11.4 Å². The average Bonchev–Trinajstić information content (AvgIpc) is 2.76. The Morgan fingerprint density at radius 3 is 2.33 bits per heavy atom. The normalized spacial score (nSPS) is 11.0. The van der Waals surface area contributed by atoms with Crippen LogP contribution < -0.4 is 10.0 Å². The van der Waals surface area contributed by atoms with Crippen LogP contribution in [0.25, 0.3) is 0 Å². The molecule has 0 radical (unpaired) electrons. The largest absolute Gasteiger partial charge is 0.462 e. The number of aryl methyl sites for hydroxylation is 1. The predicted octanol–water partition coefficient (Wildman–Crippen LogP) is 5.19. The predicted molar refractivity (Wildman–Crippen MR) is 129 cm³/mol. The lowest BCUT2D eigenvalue weighted by atomic mass is 10.1. The summed E-state index contributed by atoms with van der Waals surface area (Å²) in [4.78, 5) is 25.1. The number of benzene rings is 3. The summed E-state index contributed by atoms with van der Waals surface area (Å²) in [5.41, 5.74) is 2.47. The Hall–Kier alpha value is -3.36. The second kappa shape index (κ2) is 10.1. The van der Waals surface area contributed by atoms with Gasteiger partial charge in [0.1, 0.15) is 0 Å². The van der Waals surface area contributed by atoms with Crippen molar-refractivity contribution < 1.29 is 22.7 Å². The average molecular weight is 487 g/mol. The third-order valence-corrected chi connectivity index (χ3v) is 6.60. The highest BCUT2D eigenvalue weighted by Crippen LogP contribution is 2.26. The highest BCUT2D eigenvalue weighted by molar-refractivity contribution is 7.92. The standard InChI is InChI=1S/C24H23ClN2O5S/c1-4-32-24(29)19-6-5-7-22(16(19)3)26-23(28)20-14-17(10-13-21(20)25)27-33(30,31)18-11-8-15(2)9-12-18/h5-14,27H,4H2,1-3H3,(H,26,28). The first kappa shape index (κ1) is 24.3. The Morgan fingerprint density at radius 2 is 1.67 bits per heavy atom. The highest BCUT2D eigenvalue weighted by atomic mass is 35.5. The fourth-order valence-corrected chi connectivity index (χ4v) is 4.34. The second-order valence-electron chi connectivity index (χ2n) is 7.27. The first-order chi connectivity index (χ1) is 15.6. The molecule has 0 aliphatic carbocycles. The molecule has 172 valence electrons. The van der Waals surface area contributed by atoms with Gasteiger partial charge in [-0.1, -0.05) is 35.4 Å². The number of rotatable bonds is 7. The number of carbonyl (C=O) groups is 2. The molecule has 0 fully saturated rings. The molecule has 0 spiro atoms. The van der Waals surface area contributed by atoms with Crippen molar-refractivity contribution >= 4 is 44.9 Å². The van der Waals surface area contributed by atoms with Gasteiger partial charge in [0.25, 0.3) is 15.9 Å². The molecule has 0 aliphatic heterocycles. The molecule has 0 aliphatic rings. The van der Waals surface area contributed by atoms with Crippen LogP contribution in [-0.2, 0) is 14.8 Å². The van der Waals surface area contributed by atoms with Crippen molar-refractivity contribution in [2.24, 2.45) is 0 Å². The van der Waals surface area contributed by atoms with E-state index < -0.39 is 21.9 Å². The Kier molecular flexibility index (Phi) is 7.40. The highest BCUT2D eigenvalue weighted by Gasteiger charge is 2.19. The summed E-state index contributed by atoms with van der Waals surface area (Å²) in [7, 11) is -3.85. The second-order valence-corrected chi connectivity index (χ2v) is 9.36. The molecule has 0 bridgehead atoms. The molecule has 0 saturated heterocycles. The Labute approximate surface area is 197 Å². The number of nitrogens with one attached hydrogen (secondary N) is 2.